The summed E-state index contributed by atoms with van der Waals surface area (Å²) in [6.45, 7) is 0. The lowest BCUT2D eigenvalue weighted by molar-refractivity contribution is 0.939. The largest absolute Gasteiger partial charge is 0.312 e. The smallest absolute Gasteiger partial charge is 0.163 e. The zero-order chi connectivity index (χ0) is 34.5. The first-order valence-corrected chi connectivity index (χ1v) is 17.2. The van der Waals surface area contributed by atoms with Gasteiger partial charge in [-0.25, -0.2) is 29.9 Å². The van der Waals surface area contributed by atoms with Crippen LogP contribution in [-0.4, -0.2) is 39.0 Å². The van der Waals surface area contributed by atoms with E-state index in [-0.39, 0.29) is 0 Å². The van der Waals surface area contributed by atoms with E-state index < -0.39 is 0 Å². The molecule has 10 aromatic rings. The van der Waals surface area contributed by atoms with Crippen molar-refractivity contribution in [2.75, 3.05) is 0 Å². The van der Waals surface area contributed by atoms with Crippen molar-refractivity contribution in [3.8, 4) is 67.3 Å². The summed E-state index contributed by atoms with van der Waals surface area (Å²) in [6, 6.07) is 39.9. The summed E-state index contributed by atoms with van der Waals surface area (Å²) in [6.07, 6.45) is 6.66. The number of hydrogen-bond acceptors (Lipinski definition) is 6. The van der Waals surface area contributed by atoms with Gasteiger partial charge in [0, 0.05) is 25.2 Å². The van der Waals surface area contributed by atoms with E-state index in [2.05, 4.69) is 129 Å². The van der Waals surface area contributed by atoms with Crippen LogP contribution in [0.25, 0.3) is 111 Å². The van der Waals surface area contributed by atoms with Gasteiger partial charge in [0.05, 0.1) is 12.4 Å². The van der Waals surface area contributed by atoms with Crippen LogP contribution in [0.4, 0.5) is 0 Å². The second kappa shape index (κ2) is 10.7. The maximum absolute atomic E-state index is 4.86. The molecule has 8 nitrogen and oxygen atoms in total. The maximum Gasteiger partial charge on any atom is 0.163 e. The zero-order valence-corrected chi connectivity index (χ0v) is 28.3. The number of aryl methyl sites for hydroxylation is 2. The molecule has 0 N–H and O–H groups in total. The molecule has 0 saturated heterocycles. The predicted molar refractivity (Wildman–Crippen MR) is 207 cm³/mol. The van der Waals surface area contributed by atoms with Crippen LogP contribution >= 0.6 is 0 Å². The molecule has 0 aliphatic heterocycles. The fourth-order valence-electron chi connectivity index (χ4n) is 8.31. The lowest BCUT2D eigenvalue weighted by Gasteiger charge is -2.20. The molecule has 8 heteroatoms. The van der Waals surface area contributed by atoms with Gasteiger partial charge in [0.15, 0.2) is 11.3 Å². The van der Waals surface area contributed by atoms with E-state index in [1.165, 1.54) is 54.9 Å². The van der Waals surface area contributed by atoms with Crippen LogP contribution in [0.1, 0.15) is 0 Å². The van der Waals surface area contributed by atoms with Gasteiger partial charge in [-0.3, -0.25) is 0 Å². The van der Waals surface area contributed by atoms with E-state index in [0.717, 1.165) is 56.2 Å². The Morgan fingerprint density at radius 2 is 0.885 bits per heavy atom. The van der Waals surface area contributed by atoms with Gasteiger partial charge in [0.1, 0.15) is 35.3 Å². The van der Waals surface area contributed by atoms with Gasteiger partial charge in [0.25, 0.3) is 0 Å². The van der Waals surface area contributed by atoms with Crippen molar-refractivity contribution in [1.29, 1.82) is 0 Å². The van der Waals surface area contributed by atoms with Crippen LogP contribution in [-0.2, 0) is 14.1 Å². The molecule has 1 aliphatic carbocycles. The number of hydrogen-bond donors (Lipinski definition) is 0. The highest BCUT2D eigenvalue weighted by Crippen LogP contribution is 2.57. The fourth-order valence-corrected chi connectivity index (χ4v) is 8.31. The standard InChI is InChI=1S/C44H28N8/c1-51-41(49-34-21-45-23-47-43(34)51)28-17-13-26(14-18-28)37-30-9-3-4-10-31(30)38(40-33-12-6-8-25-7-5-11-32(36(25)33)39(37)40)27-15-19-29(20-16-27)42-50-35-22-46-24-48-44(35)52(42)2/h3-24H,1-2H3. The third-order valence-corrected chi connectivity index (χ3v) is 10.6. The number of benzene rings is 6. The monoisotopic (exact) mass is 668 g/mol. The molecule has 4 heterocycles. The molecular weight excluding hydrogens is 641 g/mol. The van der Waals surface area contributed by atoms with Gasteiger partial charge in [-0.05, 0) is 66.1 Å². The Balaban J connectivity index is 1.14. The number of nitrogens with zero attached hydrogens (tertiary/aromatic N) is 8. The fraction of sp³-hybridized carbons (Fsp3) is 0.0455. The topological polar surface area (TPSA) is 87.2 Å². The Labute approximate surface area is 297 Å². The van der Waals surface area contributed by atoms with Crippen LogP contribution in [0.3, 0.4) is 0 Å². The molecule has 0 amide bonds. The van der Waals surface area contributed by atoms with E-state index >= 15 is 0 Å². The number of aromatic nitrogens is 8. The number of fused-ring (bicyclic) bond motifs is 6. The molecule has 0 bridgehead atoms. The quantitative estimate of drug-likeness (QED) is 0.186. The second-order valence-electron chi connectivity index (χ2n) is 13.4. The zero-order valence-electron chi connectivity index (χ0n) is 28.3. The normalized spacial score (nSPS) is 12.0. The highest BCUT2D eigenvalue weighted by molar-refractivity contribution is 6.27. The predicted octanol–water partition coefficient (Wildman–Crippen LogP) is 9.66. The molecule has 4 aromatic heterocycles. The summed E-state index contributed by atoms with van der Waals surface area (Å²) >= 11 is 0. The molecule has 6 aromatic carbocycles. The molecule has 11 rings (SSSR count). The highest BCUT2D eigenvalue weighted by atomic mass is 15.1. The van der Waals surface area contributed by atoms with E-state index in [4.69, 9.17) is 9.97 Å². The minimum absolute atomic E-state index is 0.782. The summed E-state index contributed by atoms with van der Waals surface area (Å²) in [5.74, 6) is 1.72. The first kappa shape index (κ1) is 28.7. The van der Waals surface area contributed by atoms with Crippen LogP contribution in [0.5, 0.6) is 0 Å². The van der Waals surface area contributed by atoms with E-state index in [0.29, 0.717) is 0 Å². The average Bonchev–Trinajstić information content (AvgIpc) is 3.84. The van der Waals surface area contributed by atoms with Crippen LogP contribution in [0, 0.1) is 0 Å². The first-order chi connectivity index (χ1) is 25.6. The molecular formula is C44H28N8. The molecule has 0 radical (unpaired) electrons. The Morgan fingerprint density at radius 1 is 0.442 bits per heavy atom. The van der Waals surface area contributed by atoms with E-state index in [1.54, 1.807) is 25.0 Å². The molecule has 0 fully saturated rings. The number of rotatable bonds is 4. The van der Waals surface area contributed by atoms with Gasteiger partial charge in [-0.1, -0.05) is 109 Å². The van der Waals surface area contributed by atoms with Gasteiger partial charge < -0.3 is 9.13 Å². The first-order valence-electron chi connectivity index (χ1n) is 17.2. The molecule has 0 atom stereocenters. The van der Waals surface area contributed by atoms with Crippen molar-refractivity contribution >= 4 is 43.9 Å². The minimum Gasteiger partial charge on any atom is -0.312 e. The average molecular weight is 669 g/mol. The van der Waals surface area contributed by atoms with Crippen LogP contribution < -0.4 is 0 Å². The molecule has 0 saturated carbocycles. The maximum atomic E-state index is 4.86. The van der Waals surface area contributed by atoms with Crippen molar-refractivity contribution in [1.82, 2.24) is 39.0 Å². The Hall–Kier alpha value is -7.06. The second-order valence-corrected chi connectivity index (χ2v) is 13.4. The van der Waals surface area contributed by atoms with Crippen LogP contribution in [0.15, 0.2) is 134 Å². The van der Waals surface area contributed by atoms with Gasteiger partial charge >= 0.3 is 0 Å². The SMILES string of the molecule is Cn1c(-c2ccc(-c3c4c(c(-c5ccc(-c6nc7cncnc7n6C)cc5)c5ccccc35)-c3cccc5cccc-4c35)cc2)nc2cncnc21. The summed E-state index contributed by atoms with van der Waals surface area (Å²) < 4.78 is 4.06. The molecule has 52 heavy (non-hydrogen) atoms. The van der Waals surface area contributed by atoms with Gasteiger partial charge in [-0.2, -0.15) is 0 Å². The third-order valence-electron chi connectivity index (χ3n) is 10.6. The highest BCUT2D eigenvalue weighted by Gasteiger charge is 2.30. The Bertz CT molecular complexity index is 2880. The molecule has 1 aliphatic rings. The lowest BCUT2D eigenvalue weighted by atomic mass is 9.82. The molecule has 0 spiro atoms. The summed E-state index contributed by atoms with van der Waals surface area (Å²) in [4.78, 5) is 27.0. The Kier molecular flexibility index (Phi) is 5.93. The van der Waals surface area contributed by atoms with Crippen molar-refractivity contribution < 1.29 is 0 Å². The summed E-state index contributed by atoms with van der Waals surface area (Å²) in [5, 5.41) is 4.97. The summed E-state index contributed by atoms with van der Waals surface area (Å²) in [5.41, 5.74) is 15.1. The van der Waals surface area contributed by atoms with Gasteiger partial charge in [-0.15, -0.1) is 0 Å². The minimum atomic E-state index is 0.782. The molecule has 244 valence electrons. The van der Waals surface area contributed by atoms with E-state index in [1.807, 2.05) is 23.2 Å². The summed E-state index contributed by atoms with van der Waals surface area (Å²) in [7, 11) is 4.00. The number of imidazole rings is 2. The molecule has 0 unspecified atom stereocenters. The van der Waals surface area contributed by atoms with Crippen molar-refractivity contribution in [2.24, 2.45) is 14.1 Å². The Morgan fingerprint density at radius 3 is 1.33 bits per heavy atom. The van der Waals surface area contributed by atoms with Crippen LogP contribution in [0.2, 0.25) is 0 Å². The van der Waals surface area contributed by atoms with E-state index in [9.17, 15) is 0 Å². The van der Waals surface area contributed by atoms with Crippen molar-refractivity contribution in [3.05, 3.63) is 134 Å². The van der Waals surface area contributed by atoms with Crippen molar-refractivity contribution in [2.45, 2.75) is 0 Å². The van der Waals surface area contributed by atoms with Crippen molar-refractivity contribution in [3.63, 3.8) is 0 Å². The third kappa shape index (κ3) is 3.97. The van der Waals surface area contributed by atoms with Gasteiger partial charge in [0.2, 0.25) is 0 Å². The lowest BCUT2D eigenvalue weighted by Crippen LogP contribution is -1.96.